The Balaban J connectivity index is 1.35. The first-order valence-corrected chi connectivity index (χ1v) is 10.1. The molecule has 0 bridgehead atoms. The lowest BCUT2D eigenvalue weighted by Gasteiger charge is -2.33. The molecule has 1 aromatic carbocycles. The van der Waals surface area contributed by atoms with Gasteiger partial charge in [-0.1, -0.05) is 24.3 Å². The summed E-state index contributed by atoms with van der Waals surface area (Å²) in [7, 11) is 0. The number of thiophene rings is 1. The highest BCUT2D eigenvalue weighted by molar-refractivity contribution is 7.12. The van der Waals surface area contributed by atoms with Crippen LogP contribution in [0.1, 0.15) is 22.2 Å². The Hall–Kier alpha value is -2.18. The number of nitrogens with zero attached hydrogens (tertiary/aromatic N) is 2. The van der Waals surface area contributed by atoms with Crippen LogP contribution in [0.15, 0.2) is 41.8 Å². The monoisotopic (exact) mass is 370 g/mol. The molecule has 1 aromatic heterocycles. The third kappa shape index (κ3) is 3.27. The van der Waals surface area contributed by atoms with Crippen molar-refractivity contribution >= 4 is 28.8 Å². The van der Waals surface area contributed by atoms with Crippen LogP contribution in [0.25, 0.3) is 0 Å². The van der Waals surface area contributed by atoms with Gasteiger partial charge in [0.2, 0.25) is 0 Å². The van der Waals surface area contributed by atoms with Gasteiger partial charge in [0.1, 0.15) is 0 Å². The van der Waals surface area contributed by atoms with Gasteiger partial charge in [-0.25, -0.2) is 0 Å². The van der Waals surface area contributed by atoms with E-state index in [0.29, 0.717) is 19.6 Å². The number of hydrogen-bond donors (Lipinski definition) is 1. The van der Waals surface area contributed by atoms with Gasteiger partial charge in [0.25, 0.3) is 11.8 Å². The summed E-state index contributed by atoms with van der Waals surface area (Å²) < 4.78 is 0. The molecule has 0 saturated carbocycles. The standard InChI is InChI=1S/C20H23N3O2S/c1-15-13-16-5-2-3-6-17(16)23(15)19(24)14-21-8-10-22(11-9-21)20(25)18-7-4-12-26-18/h2-7,12,15H,8-11,13-14H2,1H3/p+1/t15-/m1/s1. The topological polar surface area (TPSA) is 45.1 Å². The number of carbonyl (C=O) groups is 2. The number of carbonyl (C=O) groups excluding carboxylic acids is 2. The van der Waals surface area contributed by atoms with Crippen LogP contribution in [0.2, 0.25) is 0 Å². The molecule has 0 spiro atoms. The second-order valence-electron chi connectivity index (χ2n) is 7.14. The van der Waals surface area contributed by atoms with Crippen molar-refractivity contribution in [2.24, 2.45) is 0 Å². The lowest BCUT2D eigenvalue weighted by molar-refractivity contribution is -0.895. The molecule has 1 fully saturated rings. The predicted molar refractivity (Wildman–Crippen MR) is 103 cm³/mol. The van der Waals surface area contributed by atoms with E-state index < -0.39 is 0 Å². The highest BCUT2D eigenvalue weighted by Crippen LogP contribution is 2.31. The van der Waals surface area contributed by atoms with Crippen molar-refractivity contribution in [3.8, 4) is 0 Å². The lowest BCUT2D eigenvalue weighted by atomic mass is 10.1. The van der Waals surface area contributed by atoms with Crippen LogP contribution in [-0.2, 0) is 11.2 Å². The molecule has 2 aliphatic heterocycles. The molecule has 0 unspecified atom stereocenters. The zero-order chi connectivity index (χ0) is 18.1. The van der Waals surface area contributed by atoms with Crippen molar-refractivity contribution < 1.29 is 14.5 Å². The highest BCUT2D eigenvalue weighted by Gasteiger charge is 2.33. The largest absolute Gasteiger partial charge is 0.327 e. The maximum Gasteiger partial charge on any atom is 0.282 e. The van der Waals surface area contributed by atoms with Gasteiger partial charge in [0, 0.05) is 11.7 Å². The molecule has 0 aliphatic carbocycles. The molecule has 2 aliphatic rings. The Kier molecular flexibility index (Phi) is 4.78. The van der Waals surface area contributed by atoms with Crippen LogP contribution in [0.5, 0.6) is 0 Å². The minimum Gasteiger partial charge on any atom is -0.327 e. The molecular weight excluding hydrogens is 346 g/mol. The average molecular weight is 370 g/mol. The van der Waals surface area contributed by atoms with Crippen molar-refractivity contribution in [2.45, 2.75) is 19.4 Å². The molecular formula is C20H24N3O2S+. The van der Waals surface area contributed by atoms with E-state index in [-0.39, 0.29) is 17.9 Å². The Morgan fingerprint density at radius 2 is 1.92 bits per heavy atom. The second kappa shape index (κ2) is 7.21. The quantitative estimate of drug-likeness (QED) is 0.878. The summed E-state index contributed by atoms with van der Waals surface area (Å²) in [5.74, 6) is 0.308. The van der Waals surface area contributed by atoms with Crippen molar-refractivity contribution in [1.29, 1.82) is 0 Å². The van der Waals surface area contributed by atoms with E-state index in [1.165, 1.54) is 21.8 Å². The number of hydrogen-bond acceptors (Lipinski definition) is 3. The van der Waals surface area contributed by atoms with E-state index in [4.69, 9.17) is 0 Å². The SMILES string of the molecule is C[C@@H]1Cc2ccccc2N1C(=O)C[NH+]1CCN(C(=O)c2cccs2)CC1. The first kappa shape index (κ1) is 17.2. The predicted octanol–water partition coefficient (Wildman–Crippen LogP) is 1.07. The maximum absolute atomic E-state index is 12.9. The summed E-state index contributed by atoms with van der Waals surface area (Å²) in [5.41, 5.74) is 2.32. The average Bonchev–Trinajstić information content (AvgIpc) is 3.28. The number of quaternary nitrogens is 1. The molecule has 5 nitrogen and oxygen atoms in total. The molecule has 1 atom stereocenters. The van der Waals surface area contributed by atoms with E-state index in [0.717, 1.165) is 30.1 Å². The van der Waals surface area contributed by atoms with Crippen LogP contribution in [-0.4, -0.2) is 55.5 Å². The fourth-order valence-electron chi connectivity index (χ4n) is 4.00. The molecule has 0 radical (unpaired) electrons. The van der Waals surface area contributed by atoms with Gasteiger partial charge < -0.3 is 14.7 Å². The molecule has 136 valence electrons. The van der Waals surface area contributed by atoms with Crippen LogP contribution >= 0.6 is 11.3 Å². The number of fused-ring (bicyclic) bond motifs is 1. The Bertz CT molecular complexity index is 797. The Labute approximate surface area is 157 Å². The molecule has 3 heterocycles. The van der Waals surface area contributed by atoms with Gasteiger partial charge in [-0.05, 0) is 36.4 Å². The zero-order valence-electron chi connectivity index (χ0n) is 15.0. The van der Waals surface area contributed by atoms with Crippen LogP contribution < -0.4 is 9.80 Å². The molecule has 6 heteroatoms. The third-order valence-corrected chi connectivity index (χ3v) is 6.22. The normalized spacial score (nSPS) is 20.3. The summed E-state index contributed by atoms with van der Waals surface area (Å²) >= 11 is 1.49. The number of anilines is 1. The van der Waals surface area contributed by atoms with E-state index >= 15 is 0 Å². The van der Waals surface area contributed by atoms with Crippen LogP contribution in [0.3, 0.4) is 0 Å². The van der Waals surface area contributed by atoms with Crippen molar-refractivity contribution in [1.82, 2.24) is 4.90 Å². The lowest BCUT2D eigenvalue weighted by Crippen LogP contribution is -3.16. The van der Waals surface area contributed by atoms with Crippen molar-refractivity contribution in [2.75, 3.05) is 37.6 Å². The number of para-hydroxylation sites is 1. The van der Waals surface area contributed by atoms with E-state index in [1.807, 2.05) is 45.5 Å². The summed E-state index contributed by atoms with van der Waals surface area (Å²) in [4.78, 5) is 31.3. The molecule has 1 N–H and O–H groups in total. The van der Waals surface area contributed by atoms with Gasteiger partial charge in [0.05, 0.1) is 31.1 Å². The summed E-state index contributed by atoms with van der Waals surface area (Å²) in [6, 6.07) is 12.2. The van der Waals surface area contributed by atoms with Crippen molar-refractivity contribution in [3.05, 3.63) is 52.2 Å². The number of rotatable bonds is 3. The van der Waals surface area contributed by atoms with E-state index in [9.17, 15) is 9.59 Å². The third-order valence-electron chi connectivity index (χ3n) is 5.37. The molecule has 4 rings (SSSR count). The summed E-state index contributed by atoms with van der Waals surface area (Å²) in [6.45, 7) is 5.70. The van der Waals surface area contributed by atoms with Gasteiger partial charge in [-0.15, -0.1) is 11.3 Å². The highest BCUT2D eigenvalue weighted by atomic mass is 32.1. The first-order valence-electron chi connectivity index (χ1n) is 9.20. The Morgan fingerprint density at radius 1 is 1.15 bits per heavy atom. The molecule has 26 heavy (non-hydrogen) atoms. The molecule has 2 aromatic rings. The minimum absolute atomic E-state index is 0.118. The number of amides is 2. The fraction of sp³-hybridized carbons (Fsp3) is 0.400. The first-order chi connectivity index (χ1) is 12.6. The number of nitrogens with one attached hydrogen (secondary N) is 1. The van der Waals surface area contributed by atoms with E-state index in [1.54, 1.807) is 0 Å². The molecule has 1 saturated heterocycles. The minimum atomic E-state index is 0.118. The van der Waals surface area contributed by atoms with Gasteiger partial charge >= 0.3 is 0 Å². The smallest absolute Gasteiger partial charge is 0.282 e. The zero-order valence-corrected chi connectivity index (χ0v) is 15.8. The van der Waals surface area contributed by atoms with E-state index in [2.05, 4.69) is 13.0 Å². The second-order valence-corrected chi connectivity index (χ2v) is 8.09. The fourth-order valence-corrected chi connectivity index (χ4v) is 4.69. The Morgan fingerprint density at radius 3 is 2.65 bits per heavy atom. The maximum atomic E-state index is 12.9. The summed E-state index contributed by atoms with van der Waals surface area (Å²) in [6.07, 6.45) is 0.931. The van der Waals surface area contributed by atoms with Crippen LogP contribution in [0.4, 0.5) is 5.69 Å². The summed E-state index contributed by atoms with van der Waals surface area (Å²) in [5, 5.41) is 1.93. The van der Waals surface area contributed by atoms with Crippen molar-refractivity contribution in [3.63, 3.8) is 0 Å². The van der Waals surface area contributed by atoms with Gasteiger partial charge in [0.15, 0.2) is 6.54 Å². The number of benzene rings is 1. The number of piperazine rings is 1. The molecule has 2 amide bonds. The van der Waals surface area contributed by atoms with Gasteiger partial charge in [-0.2, -0.15) is 0 Å². The van der Waals surface area contributed by atoms with Crippen LogP contribution in [0, 0.1) is 0 Å². The van der Waals surface area contributed by atoms with Gasteiger partial charge in [-0.3, -0.25) is 9.59 Å².